The SMILES string of the molecule is CCCCCOCCC(C)C(=O)O. The number of unbranched alkanes of at least 4 members (excludes halogenated alkanes) is 2. The number of carboxylic acids is 1. The van der Waals surface area contributed by atoms with Gasteiger partial charge in [-0.25, -0.2) is 0 Å². The number of aliphatic carboxylic acids is 1. The summed E-state index contributed by atoms with van der Waals surface area (Å²) in [6, 6.07) is 0. The first-order valence-electron chi connectivity index (χ1n) is 4.99. The normalized spacial score (nSPS) is 12.8. The third kappa shape index (κ3) is 7.78. The maximum Gasteiger partial charge on any atom is 0.306 e. The molecule has 0 amide bonds. The lowest BCUT2D eigenvalue weighted by molar-refractivity contribution is -0.141. The van der Waals surface area contributed by atoms with Crippen LogP contribution in [0.15, 0.2) is 0 Å². The van der Waals surface area contributed by atoms with Gasteiger partial charge in [0.05, 0.1) is 5.92 Å². The van der Waals surface area contributed by atoms with Crippen LogP contribution in [-0.2, 0) is 9.53 Å². The van der Waals surface area contributed by atoms with Crippen molar-refractivity contribution in [1.29, 1.82) is 0 Å². The summed E-state index contributed by atoms with van der Waals surface area (Å²) >= 11 is 0. The predicted octanol–water partition coefficient (Wildman–Crippen LogP) is 2.30. The van der Waals surface area contributed by atoms with E-state index in [1.54, 1.807) is 6.92 Å². The molecule has 3 heteroatoms. The van der Waals surface area contributed by atoms with Crippen LogP contribution in [0.5, 0.6) is 0 Å². The van der Waals surface area contributed by atoms with Crippen LogP contribution in [0.25, 0.3) is 0 Å². The fourth-order valence-electron chi connectivity index (χ4n) is 0.940. The highest BCUT2D eigenvalue weighted by molar-refractivity contribution is 5.69. The molecule has 0 aromatic carbocycles. The van der Waals surface area contributed by atoms with E-state index >= 15 is 0 Å². The van der Waals surface area contributed by atoms with E-state index in [1.807, 2.05) is 0 Å². The quantitative estimate of drug-likeness (QED) is 0.594. The second kappa shape index (κ2) is 8.05. The monoisotopic (exact) mass is 188 g/mol. The Bertz CT molecular complexity index is 134. The zero-order chi connectivity index (χ0) is 10.1. The van der Waals surface area contributed by atoms with E-state index < -0.39 is 5.97 Å². The zero-order valence-electron chi connectivity index (χ0n) is 8.58. The van der Waals surface area contributed by atoms with Crippen molar-refractivity contribution in [3.8, 4) is 0 Å². The topological polar surface area (TPSA) is 46.5 Å². The minimum Gasteiger partial charge on any atom is -0.481 e. The summed E-state index contributed by atoms with van der Waals surface area (Å²) in [7, 11) is 0. The average molecular weight is 188 g/mol. The van der Waals surface area contributed by atoms with Crippen LogP contribution in [0.4, 0.5) is 0 Å². The summed E-state index contributed by atoms with van der Waals surface area (Å²) in [5.74, 6) is -1.02. The van der Waals surface area contributed by atoms with Crippen molar-refractivity contribution in [2.75, 3.05) is 13.2 Å². The van der Waals surface area contributed by atoms with Gasteiger partial charge in [0.2, 0.25) is 0 Å². The number of ether oxygens (including phenoxy) is 1. The number of hydrogen-bond acceptors (Lipinski definition) is 2. The molecule has 0 spiro atoms. The molecule has 0 radical (unpaired) electrons. The molecule has 0 fully saturated rings. The highest BCUT2D eigenvalue weighted by Crippen LogP contribution is 2.02. The lowest BCUT2D eigenvalue weighted by atomic mass is 10.1. The molecule has 13 heavy (non-hydrogen) atoms. The van der Waals surface area contributed by atoms with Gasteiger partial charge < -0.3 is 9.84 Å². The van der Waals surface area contributed by atoms with Gasteiger partial charge in [-0.1, -0.05) is 26.7 Å². The maximum atomic E-state index is 10.4. The Morgan fingerprint density at radius 2 is 2.08 bits per heavy atom. The van der Waals surface area contributed by atoms with Crippen LogP contribution < -0.4 is 0 Å². The molecular weight excluding hydrogens is 168 g/mol. The summed E-state index contributed by atoms with van der Waals surface area (Å²) < 4.78 is 5.29. The molecule has 78 valence electrons. The van der Waals surface area contributed by atoms with Gasteiger partial charge in [0.25, 0.3) is 0 Å². The molecule has 0 aliphatic rings. The standard InChI is InChI=1S/C10H20O3/c1-3-4-5-7-13-8-6-9(2)10(11)12/h9H,3-8H2,1-2H3,(H,11,12). The number of carbonyl (C=O) groups is 1. The van der Waals surface area contributed by atoms with Crippen LogP contribution in [0.2, 0.25) is 0 Å². The van der Waals surface area contributed by atoms with Crippen molar-refractivity contribution >= 4 is 5.97 Å². The Labute approximate surface area is 80.1 Å². The Morgan fingerprint density at radius 3 is 2.62 bits per heavy atom. The van der Waals surface area contributed by atoms with Crippen LogP contribution in [0, 0.1) is 5.92 Å². The summed E-state index contributed by atoms with van der Waals surface area (Å²) in [6.45, 7) is 5.18. The lowest BCUT2D eigenvalue weighted by Crippen LogP contribution is -2.12. The first kappa shape index (κ1) is 12.4. The molecule has 1 unspecified atom stereocenters. The van der Waals surface area contributed by atoms with Crippen molar-refractivity contribution in [3.05, 3.63) is 0 Å². The molecule has 1 atom stereocenters. The van der Waals surface area contributed by atoms with Crippen molar-refractivity contribution in [2.24, 2.45) is 5.92 Å². The largest absolute Gasteiger partial charge is 0.481 e. The minimum absolute atomic E-state index is 0.286. The minimum atomic E-state index is -0.739. The Kier molecular flexibility index (Phi) is 7.69. The first-order valence-corrected chi connectivity index (χ1v) is 4.99. The lowest BCUT2D eigenvalue weighted by Gasteiger charge is -2.06. The van der Waals surface area contributed by atoms with Crippen molar-refractivity contribution in [1.82, 2.24) is 0 Å². The highest BCUT2D eigenvalue weighted by atomic mass is 16.5. The van der Waals surface area contributed by atoms with Gasteiger partial charge >= 0.3 is 5.97 Å². The molecule has 1 N–H and O–H groups in total. The van der Waals surface area contributed by atoms with Gasteiger partial charge in [-0.2, -0.15) is 0 Å². The summed E-state index contributed by atoms with van der Waals surface area (Å²) in [5, 5.41) is 8.57. The highest BCUT2D eigenvalue weighted by Gasteiger charge is 2.09. The summed E-state index contributed by atoms with van der Waals surface area (Å²) in [5.41, 5.74) is 0. The van der Waals surface area contributed by atoms with Gasteiger partial charge in [0.1, 0.15) is 0 Å². The van der Waals surface area contributed by atoms with E-state index in [1.165, 1.54) is 12.8 Å². The van der Waals surface area contributed by atoms with Gasteiger partial charge in [-0.3, -0.25) is 4.79 Å². The van der Waals surface area contributed by atoms with E-state index in [0.717, 1.165) is 13.0 Å². The Morgan fingerprint density at radius 1 is 1.38 bits per heavy atom. The molecule has 0 aromatic rings. The maximum absolute atomic E-state index is 10.4. The summed E-state index contributed by atoms with van der Waals surface area (Å²) in [6.07, 6.45) is 4.07. The predicted molar refractivity (Wildman–Crippen MR) is 51.8 cm³/mol. The van der Waals surface area contributed by atoms with E-state index in [0.29, 0.717) is 13.0 Å². The van der Waals surface area contributed by atoms with Crippen molar-refractivity contribution in [2.45, 2.75) is 39.5 Å². The molecule has 0 saturated carbocycles. The van der Waals surface area contributed by atoms with Gasteiger partial charge in [-0.15, -0.1) is 0 Å². The molecule has 0 rings (SSSR count). The molecule has 0 aliphatic heterocycles. The summed E-state index contributed by atoms with van der Waals surface area (Å²) in [4.78, 5) is 10.4. The first-order chi connectivity index (χ1) is 6.18. The second-order valence-electron chi connectivity index (χ2n) is 3.35. The van der Waals surface area contributed by atoms with Gasteiger partial charge in [-0.05, 0) is 12.8 Å². The van der Waals surface area contributed by atoms with Gasteiger partial charge in [0, 0.05) is 13.2 Å². The Balaban J connectivity index is 3.11. The van der Waals surface area contributed by atoms with Crippen molar-refractivity contribution < 1.29 is 14.6 Å². The van der Waals surface area contributed by atoms with E-state index in [4.69, 9.17) is 9.84 Å². The van der Waals surface area contributed by atoms with Crippen LogP contribution in [0.3, 0.4) is 0 Å². The molecule has 3 nitrogen and oxygen atoms in total. The molecule has 0 aromatic heterocycles. The van der Waals surface area contributed by atoms with Crippen LogP contribution >= 0.6 is 0 Å². The fraction of sp³-hybridized carbons (Fsp3) is 0.900. The number of hydrogen-bond donors (Lipinski definition) is 1. The molecule has 0 aliphatic carbocycles. The number of carboxylic acid groups (broad SMARTS) is 1. The number of rotatable bonds is 8. The van der Waals surface area contributed by atoms with Crippen LogP contribution in [0.1, 0.15) is 39.5 Å². The Hall–Kier alpha value is -0.570. The molecular formula is C10H20O3. The molecule has 0 heterocycles. The smallest absolute Gasteiger partial charge is 0.306 e. The molecule has 0 bridgehead atoms. The van der Waals surface area contributed by atoms with E-state index in [9.17, 15) is 4.79 Å². The van der Waals surface area contributed by atoms with E-state index in [-0.39, 0.29) is 5.92 Å². The van der Waals surface area contributed by atoms with Crippen LogP contribution in [-0.4, -0.2) is 24.3 Å². The third-order valence-corrected chi connectivity index (χ3v) is 2.01. The zero-order valence-corrected chi connectivity index (χ0v) is 8.58. The van der Waals surface area contributed by atoms with E-state index in [2.05, 4.69) is 6.92 Å². The third-order valence-electron chi connectivity index (χ3n) is 2.01. The van der Waals surface area contributed by atoms with Crippen molar-refractivity contribution in [3.63, 3.8) is 0 Å². The van der Waals surface area contributed by atoms with Gasteiger partial charge in [0.15, 0.2) is 0 Å². The molecule has 0 saturated heterocycles. The second-order valence-corrected chi connectivity index (χ2v) is 3.35. The fourth-order valence-corrected chi connectivity index (χ4v) is 0.940. The average Bonchev–Trinajstić information content (AvgIpc) is 2.10.